The number of halogens is 2. The van der Waals surface area contributed by atoms with Crippen LogP contribution in [0.15, 0.2) is 27.7 Å². The van der Waals surface area contributed by atoms with Crippen molar-refractivity contribution in [3.05, 3.63) is 28.2 Å². The maximum Gasteiger partial charge on any atom is 0.226 e. The number of carbonyl (C=O) groups excluding carboxylic acids is 1. The van der Waals surface area contributed by atoms with Gasteiger partial charge < -0.3 is 15.5 Å². The second kappa shape index (κ2) is 8.57. The molecule has 0 spiro atoms. The van der Waals surface area contributed by atoms with Crippen molar-refractivity contribution in [3.63, 3.8) is 0 Å². The van der Waals surface area contributed by atoms with E-state index < -0.39 is 0 Å². The number of benzene rings is 1. The van der Waals surface area contributed by atoms with E-state index in [1.807, 2.05) is 32.2 Å². The lowest BCUT2D eigenvalue weighted by molar-refractivity contribution is -0.116. The summed E-state index contributed by atoms with van der Waals surface area (Å²) in [5.74, 6) is 0.877. The van der Waals surface area contributed by atoms with Crippen molar-refractivity contribution in [2.75, 3.05) is 32.0 Å². The predicted octanol–water partition coefficient (Wildman–Crippen LogP) is 2.60. The monoisotopic (exact) mass is 466 g/mol. The fourth-order valence-electron chi connectivity index (χ4n) is 1.99. The van der Waals surface area contributed by atoms with E-state index in [0.29, 0.717) is 13.0 Å². The van der Waals surface area contributed by atoms with Gasteiger partial charge in [-0.25, -0.2) is 0 Å². The Bertz CT molecular complexity index is 536. The average Bonchev–Trinajstić information content (AvgIpc) is 2.79. The van der Waals surface area contributed by atoms with E-state index in [1.54, 1.807) is 0 Å². The van der Waals surface area contributed by atoms with Crippen LogP contribution in [0.3, 0.4) is 0 Å². The Morgan fingerprint density at radius 1 is 1.48 bits per heavy atom. The second-order valence-electron chi connectivity index (χ2n) is 4.81. The third-order valence-electron chi connectivity index (χ3n) is 3.16. The minimum atomic E-state index is 0. The molecule has 1 amide bonds. The van der Waals surface area contributed by atoms with Gasteiger partial charge in [0.15, 0.2) is 5.96 Å². The van der Waals surface area contributed by atoms with Gasteiger partial charge in [0.2, 0.25) is 5.91 Å². The molecule has 1 aliphatic rings. The van der Waals surface area contributed by atoms with Crippen LogP contribution >= 0.6 is 39.9 Å². The molecule has 0 aromatic heterocycles. The summed E-state index contributed by atoms with van der Waals surface area (Å²) in [6.45, 7) is 4.32. The van der Waals surface area contributed by atoms with E-state index in [4.69, 9.17) is 0 Å². The first-order valence-corrected chi connectivity index (χ1v) is 7.41. The molecule has 0 saturated carbocycles. The Morgan fingerprint density at radius 3 is 2.86 bits per heavy atom. The quantitative estimate of drug-likeness (QED) is 0.670. The molecule has 0 saturated heterocycles. The summed E-state index contributed by atoms with van der Waals surface area (Å²) in [4.78, 5) is 18.3. The molecule has 1 aliphatic heterocycles. The Kier molecular flexibility index (Phi) is 7.44. The van der Waals surface area contributed by atoms with Gasteiger partial charge in [-0.3, -0.25) is 9.79 Å². The van der Waals surface area contributed by atoms with Crippen LogP contribution in [-0.4, -0.2) is 43.4 Å². The van der Waals surface area contributed by atoms with Crippen molar-refractivity contribution >= 4 is 57.5 Å². The molecule has 5 nitrogen and oxygen atoms in total. The highest BCUT2D eigenvalue weighted by Gasteiger charge is 2.12. The zero-order chi connectivity index (χ0) is 14.5. The van der Waals surface area contributed by atoms with Gasteiger partial charge in [-0.05, 0) is 30.7 Å². The molecular weight excluding hydrogens is 447 g/mol. The molecule has 21 heavy (non-hydrogen) atoms. The van der Waals surface area contributed by atoms with Crippen LogP contribution in [-0.2, 0) is 4.79 Å². The van der Waals surface area contributed by atoms with Crippen molar-refractivity contribution in [2.45, 2.75) is 13.3 Å². The van der Waals surface area contributed by atoms with Crippen LogP contribution in [0.5, 0.6) is 0 Å². The molecule has 116 valence electrons. The van der Waals surface area contributed by atoms with Crippen molar-refractivity contribution in [3.8, 4) is 0 Å². The van der Waals surface area contributed by atoms with E-state index >= 15 is 0 Å². The van der Waals surface area contributed by atoms with Gasteiger partial charge in [0.1, 0.15) is 0 Å². The second-order valence-corrected chi connectivity index (χ2v) is 5.73. The lowest BCUT2D eigenvalue weighted by atomic mass is 10.2. The minimum absolute atomic E-state index is 0. The van der Waals surface area contributed by atoms with Gasteiger partial charge in [-0.2, -0.15) is 0 Å². The zero-order valence-electron chi connectivity index (χ0n) is 12.1. The number of rotatable bonds is 4. The molecule has 2 N–H and O–H groups in total. The Balaban J connectivity index is 0.00000220. The molecule has 0 atom stereocenters. The third-order valence-corrected chi connectivity index (χ3v) is 3.65. The third kappa shape index (κ3) is 5.46. The highest BCUT2D eigenvalue weighted by molar-refractivity contribution is 14.0. The number of hydrogen-bond acceptors (Lipinski definition) is 4. The van der Waals surface area contributed by atoms with Crippen molar-refractivity contribution in [1.82, 2.24) is 10.2 Å². The summed E-state index contributed by atoms with van der Waals surface area (Å²) >= 11 is 3.41. The first-order valence-electron chi connectivity index (χ1n) is 6.62. The number of amides is 1. The summed E-state index contributed by atoms with van der Waals surface area (Å²) in [6.07, 6.45) is 0.419. The Labute approximate surface area is 150 Å². The summed E-state index contributed by atoms with van der Waals surface area (Å²) in [5.41, 5.74) is 1.90. The molecule has 0 aliphatic carbocycles. The topological polar surface area (TPSA) is 56.7 Å². The van der Waals surface area contributed by atoms with Crippen LogP contribution in [0.2, 0.25) is 0 Å². The maximum atomic E-state index is 11.9. The highest BCUT2D eigenvalue weighted by Crippen LogP contribution is 2.20. The van der Waals surface area contributed by atoms with Crippen LogP contribution < -0.4 is 10.6 Å². The fourth-order valence-corrected chi connectivity index (χ4v) is 2.47. The van der Waals surface area contributed by atoms with Crippen LogP contribution in [0, 0.1) is 6.92 Å². The lowest BCUT2D eigenvalue weighted by Crippen LogP contribution is -2.37. The molecule has 0 fully saturated rings. The van der Waals surface area contributed by atoms with Crippen LogP contribution in [0.4, 0.5) is 5.69 Å². The number of nitrogens with zero attached hydrogens (tertiary/aromatic N) is 2. The van der Waals surface area contributed by atoms with E-state index in [9.17, 15) is 4.79 Å². The number of carbonyl (C=O) groups is 1. The summed E-state index contributed by atoms with van der Waals surface area (Å²) in [5, 5.41) is 6.10. The molecule has 7 heteroatoms. The Hall–Kier alpha value is -0.830. The molecule has 1 aromatic rings. The van der Waals surface area contributed by atoms with Gasteiger partial charge in [0.25, 0.3) is 0 Å². The number of aliphatic imine (C=N–C) groups is 1. The maximum absolute atomic E-state index is 11.9. The number of hydrogen-bond donors (Lipinski definition) is 2. The standard InChI is InChI=1S/C14H19BrN4O.HI/c1-10-9-11(15)3-4-12(10)18-13(20)5-6-16-14-17-7-8-19(14)2;/h3-4,9H,5-8H2,1-2H3,(H,16,17)(H,18,20);1H. The first-order chi connectivity index (χ1) is 9.56. The minimum Gasteiger partial charge on any atom is -0.356 e. The van der Waals surface area contributed by atoms with Crippen molar-refractivity contribution < 1.29 is 4.79 Å². The highest BCUT2D eigenvalue weighted by atomic mass is 127. The van der Waals surface area contributed by atoms with Crippen molar-refractivity contribution in [1.29, 1.82) is 0 Å². The summed E-state index contributed by atoms with van der Waals surface area (Å²) in [7, 11) is 1.99. The largest absolute Gasteiger partial charge is 0.356 e. The van der Waals surface area contributed by atoms with E-state index in [2.05, 4.69) is 36.5 Å². The van der Waals surface area contributed by atoms with E-state index in [1.165, 1.54) is 0 Å². The van der Waals surface area contributed by atoms with Crippen molar-refractivity contribution in [2.24, 2.45) is 4.99 Å². The lowest BCUT2D eigenvalue weighted by Gasteiger charge is -2.15. The SMILES string of the molecule is Cc1cc(Br)ccc1NC(=O)CCNC1=NCCN1C.I. The van der Waals surface area contributed by atoms with Gasteiger partial charge in [-0.15, -0.1) is 24.0 Å². The molecule has 1 aromatic carbocycles. The molecule has 0 radical (unpaired) electrons. The van der Waals surface area contributed by atoms with E-state index in [0.717, 1.165) is 34.8 Å². The van der Waals surface area contributed by atoms with Gasteiger partial charge in [0, 0.05) is 36.7 Å². The van der Waals surface area contributed by atoms with Crippen LogP contribution in [0.25, 0.3) is 0 Å². The number of anilines is 1. The number of likely N-dealkylation sites (N-methyl/N-ethyl adjacent to an activating group) is 1. The summed E-state index contributed by atoms with van der Waals surface area (Å²) in [6, 6.07) is 5.80. The Morgan fingerprint density at radius 2 is 2.24 bits per heavy atom. The molecule has 2 rings (SSSR count). The summed E-state index contributed by atoms with van der Waals surface area (Å²) < 4.78 is 1.01. The number of guanidine groups is 1. The molecule has 1 heterocycles. The van der Waals surface area contributed by atoms with E-state index in [-0.39, 0.29) is 29.9 Å². The van der Waals surface area contributed by atoms with Crippen LogP contribution in [0.1, 0.15) is 12.0 Å². The average molecular weight is 467 g/mol. The zero-order valence-corrected chi connectivity index (χ0v) is 16.1. The first kappa shape index (κ1) is 18.2. The molecule has 0 unspecified atom stereocenters. The smallest absolute Gasteiger partial charge is 0.226 e. The normalized spacial score (nSPS) is 13.5. The van der Waals surface area contributed by atoms with Gasteiger partial charge >= 0.3 is 0 Å². The number of aryl methyl sites for hydroxylation is 1. The van der Waals surface area contributed by atoms with Gasteiger partial charge in [0.05, 0.1) is 6.54 Å². The molecular formula is C14H20BrIN4O. The fraction of sp³-hybridized carbons (Fsp3) is 0.429. The molecule has 0 bridgehead atoms. The number of nitrogens with one attached hydrogen (secondary N) is 2. The van der Waals surface area contributed by atoms with Gasteiger partial charge in [-0.1, -0.05) is 15.9 Å². The predicted molar refractivity (Wildman–Crippen MR) is 100 cm³/mol.